The van der Waals surface area contributed by atoms with Gasteiger partial charge in [-0.25, -0.2) is 4.79 Å². The van der Waals surface area contributed by atoms with E-state index >= 15 is 0 Å². The molecule has 1 saturated heterocycles. The number of hydrogen-bond acceptors (Lipinski definition) is 2. The Balaban J connectivity index is 1.50. The van der Waals surface area contributed by atoms with E-state index in [1.807, 2.05) is 40.1 Å². The van der Waals surface area contributed by atoms with Crippen molar-refractivity contribution in [3.05, 3.63) is 59.9 Å². The third kappa shape index (κ3) is 4.04. The van der Waals surface area contributed by atoms with E-state index < -0.39 is 5.97 Å². The van der Waals surface area contributed by atoms with Gasteiger partial charge in [-0.2, -0.15) is 0 Å². The molecule has 3 rings (SSSR count). The Morgan fingerprint density at radius 1 is 1.17 bits per heavy atom. The zero-order valence-electron chi connectivity index (χ0n) is 13.6. The first-order valence-corrected chi connectivity index (χ1v) is 8.32. The number of hydrogen-bond donors (Lipinski definition) is 1. The first-order chi connectivity index (χ1) is 11.6. The highest BCUT2D eigenvalue weighted by molar-refractivity contribution is 5.87. The molecule has 1 aromatic heterocycles. The first kappa shape index (κ1) is 16.3. The summed E-state index contributed by atoms with van der Waals surface area (Å²) >= 11 is 0. The molecule has 0 saturated carbocycles. The lowest BCUT2D eigenvalue weighted by atomic mass is 9.97. The maximum atomic E-state index is 12.3. The van der Waals surface area contributed by atoms with Crippen molar-refractivity contribution in [3.63, 3.8) is 0 Å². The number of rotatable bonds is 6. The number of likely N-dealkylation sites (tertiary alicyclic amines) is 1. The molecule has 0 bridgehead atoms. The van der Waals surface area contributed by atoms with Crippen LogP contribution < -0.4 is 0 Å². The van der Waals surface area contributed by atoms with Crippen LogP contribution in [0.25, 0.3) is 0 Å². The van der Waals surface area contributed by atoms with Crippen LogP contribution in [0.3, 0.4) is 0 Å². The van der Waals surface area contributed by atoms with E-state index in [0.29, 0.717) is 24.4 Å². The lowest BCUT2D eigenvalue weighted by molar-refractivity contribution is -0.130. The molecule has 1 aromatic carbocycles. The summed E-state index contributed by atoms with van der Waals surface area (Å²) in [4.78, 5) is 25.3. The molecule has 5 nitrogen and oxygen atoms in total. The predicted molar refractivity (Wildman–Crippen MR) is 90.8 cm³/mol. The van der Waals surface area contributed by atoms with Crippen molar-refractivity contribution in [2.45, 2.75) is 25.8 Å². The van der Waals surface area contributed by atoms with E-state index in [2.05, 4.69) is 0 Å². The third-order valence-electron chi connectivity index (χ3n) is 4.59. The predicted octanol–water partition coefficient (Wildman–Crippen LogP) is 2.67. The first-order valence-electron chi connectivity index (χ1n) is 8.32. The van der Waals surface area contributed by atoms with Crippen LogP contribution in [-0.4, -0.2) is 39.5 Å². The quantitative estimate of drug-likeness (QED) is 0.888. The van der Waals surface area contributed by atoms with Crippen molar-refractivity contribution >= 4 is 11.9 Å². The van der Waals surface area contributed by atoms with Gasteiger partial charge in [0, 0.05) is 38.4 Å². The van der Waals surface area contributed by atoms with Gasteiger partial charge >= 0.3 is 5.97 Å². The highest BCUT2D eigenvalue weighted by Crippen LogP contribution is 2.22. The van der Waals surface area contributed by atoms with Crippen molar-refractivity contribution in [3.8, 4) is 0 Å². The van der Waals surface area contributed by atoms with Crippen LogP contribution >= 0.6 is 0 Å². The van der Waals surface area contributed by atoms with E-state index in [1.54, 1.807) is 18.2 Å². The number of amides is 1. The summed E-state index contributed by atoms with van der Waals surface area (Å²) in [5.41, 5.74) is 1.35. The average molecular weight is 326 g/mol. The van der Waals surface area contributed by atoms with Crippen LogP contribution in [0.4, 0.5) is 0 Å². The number of aromatic carboxylic acids is 1. The Morgan fingerprint density at radius 3 is 2.71 bits per heavy atom. The lowest BCUT2D eigenvalue weighted by Crippen LogP contribution is -2.29. The van der Waals surface area contributed by atoms with Crippen molar-refractivity contribution in [1.29, 1.82) is 0 Å². The summed E-state index contributed by atoms with van der Waals surface area (Å²) in [6, 6.07) is 11.0. The molecule has 1 unspecified atom stereocenters. The fourth-order valence-electron chi connectivity index (χ4n) is 3.29. The molecule has 1 fully saturated rings. The molecule has 1 aliphatic rings. The third-order valence-corrected chi connectivity index (χ3v) is 4.59. The number of nitrogens with zero attached hydrogens (tertiary/aromatic N) is 2. The highest BCUT2D eigenvalue weighted by Gasteiger charge is 2.26. The van der Waals surface area contributed by atoms with Gasteiger partial charge in [-0.15, -0.1) is 0 Å². The molecule has 5 heteroatoms. The summed E-state index contributed by atoms with van der Waals surface area (Å²) in [6.45, 7) is 2.28. The van der Waals surface area contributed by atoms with Gasteiger partial charge in [0.15, 0.2) is 0 Å². The Morgan fingerprint density at radius 2 is 1.96 bits per heavy atom. The van der Waals surface area contributed by atoms with Crippen LogP contribution in [0.1, 0.15) is 28.8 Å². The number of aromatic nitrogens is 1. The standard InChI is InChI=1S/C19H22N2O3/c22-18(7-10-20-8-1-2-9-20)21-11-6-16(14-21)12-15-4-3-5-17(13-15)19(23)24/h1-5,8-9,13,16H,6-7,10-12,14H2,(H,23,24). The summed E-state index contributed by atoms with van der Waals surface area (Å²) < 4.78 is 2.02. The summed E-state index contributed by atoms with van der Waals surface area (Å²) in [5.74, 6) is -0.292. The highest BCUT2D eigenvalue weighted by atomic mass is 16.4. The Kier molecular flexibility index (Phi) is 4.99. The molecule has 0 spiro atoms. The van der Waals surface area contributed by atoms with Gasteiger partial charge in [0.2, 0.25) is 5.91 Å². The normalized spacial score (nSPS) is 17.2. The van der Waals surface area contributed by atoms with Gasteiger partial charge in [-0.3, -0.25) is 4.79 Å². The molecule has 1 amide bonds. The maximum Gasteiger partial charge on any atom is 0.335 e. The Bertz CT molecular complexity index is 709. The zero-order chi connectivity index (χ0) is 16.9. The van der Waals surface area contributed by atoms with Crippen molar-refractivity contribution in [2.75, 3.05) is 13.1 Å². The van der Waals surface area contributed by atoms with Gasteiger partial charge in [0.05, 0.1) is 5.56 Å². The van der Waals surface area contributed by atoms with Gasteiger partial charge in [-0.05, 0) is 48.6 Å². The summed E-state index contributed by atoms with van der Waals surface area (Å²) in [5, 5.41) is 9.07. The smallest absolute Gasteiger partial charge is 0.335 e. The number of carbonyl (C=O) groups excluding carboxylic acids is 1. The monoisotopic (exact) mass is 326 g/mol. The second kappa shape index (κ2) is 7.34. The van der Waals surface area contributed by atoms with Crippen molar-refractivity contribution in [1.82, 2.24) is 9.47 Å². The fourth-order valence-corrected chi connectivity index (χ4v) is 3.29. The number of carboxylic acids is 1. The minimum Gasteiger partial charge on any atom is -0.478 e. The van der Waals surface area contributed by atoms with Crippen molar-refractivity contribution in [2.24, 2.45) is 5.92 Å². The SMILES string of the molecule is O=C(O)c1cccc(CC2CCN(C(=O)CCn3cccc3)C2)c1. The molecule has 1 aliphatic heterocycles. The van der Waals surface area contributed by atoms with Crippen LogP contribution in [0, 0.1) is 5.92 Å². The number of benzene rings is 1. The molecule has 1 atom stereocenters. The molecule has 2 heterocycles. The van der Waals surface area contributed by atoms with Gasteiger partial charge in [0.25, 0.3) is 0 Å². The molecule has 0 radical (unpaired) electrons. The number of carboxylic acid groups (broad SMARTS) is 1. The van der Waals surface area contributed by atoms with Gasteiger partial charge < -0.3 is 14.6 Å². The fraction of sp³-hybridized carbons (Fsp3) is 0.368. The molecule has 0 aliphatic carbocycles. The van der Waals surface area contributed by atoms with E-state index in [9.17, 15) is 9.59 Å². The van der Waals surface area contributed by atoms with Crippen LogP contribution in [0.15, 0.2) is 48.8 Å². The van der Waals surface area contributed by atoms with E-state index in [0.717, 1.165) is 31.5 Å². The topological polar surface area (TPSA) is 62.5 Å². The van der Waals surface area contributed by atoms with Crippen molar-refractivity contribution < 1.29 is 14.7 Å². The average Bonchev–Trinajstić information content (AvgIpc) is 3.24. The maximum absolute atomic E-state index is 12.3. The molecule has 24 heavy (non-hydrogen) atoms. The molecule has 1 N–H and O–H groups in total. The minimum atomic E-state index is -0.898. The molecule has 126 valence electrons. The number of carbonyl (C=O) groups is 2. The summed E-state index contributed by atoms with van der Waals surface area (Å²) in [6.07, 6.45) is 6.26. The van der Waals surface area contributed by atoms with Gasteiger partial charge in [0.1, 0.15) is 0 Å². The number of aryl methyl sites for hydroxylation is 1. The summed E-state index contributed by atoms with van der Waals surface area (Å²) in [7, 11) is 0. The zero-order valence-corrected chi connectivity index (χ0v) is 13.6. The Labute approximate surface area is 141 Å². The van der Waals surface area contributed by atoms with E-state index in [4.69, 9.17) is 5.11 Å². The van der Waals surface area contributed by atoms with E-state index in [-0.39, 0.29) is 5.91 Å². The van der Waals surface area contributed by atoms with Crippen LogP contribution in [0.5, 0.6) is 0 Å². The van der Waals surface area contributed by atoms with Crippen LogP contribution in [-0.2, 0) is 17.8 Å². The minimum absolute atomic E-state index is 0.200. The van der Waals surface area contributed by atoms with Crippen LogP contribution in [0.2, 0.25) is 0 Å². The molecular formula is C19H22N2O3. The molecular weight excluding hydrogens is 304 g/mol. The van der Waals surface area contributed by atoms with Gasteiger partial charge in [-0.1, -0.05) is 12.1 Å². The van der Waals surface area contributed by atoms with E-state index in [1.165, 1.54) is 0 Å². The Hall–Kier alpha value is -2.56. The lowest BCUT2D eigenvalue weighted by Gasteiger charge is -2.17. The second-order valence-corrected chi connectivity index (χ2v) is 6.37. The second-order valence-electron chi connectivity index (χ2n) is 6.37. The molecule has 2 aromatic rings. The largest absolute Gasteiger partial charge is 0.478 e.